The monoisotopic (exact) mass is 500 g/mol. The van der Waals surface area contributed by atoms with Gasteiger partial charge in [-0.3, -0.25) is 0 Å². The quantitative estimate of drug-likeness (QED) is 0.336. The number of ether oxygens (including phenoxy) is 2. The Morgan fingerprint density at radius 1 is 0.857 bits per heavy atom. The highest BCUT2D eigenvalue weighted by Crippen LogP contribution is 2.41. The van der Waals surface area contributed by atoms with Crippen LogP contribution in [0.5, 0.6) is 11.5 Å². The highest BCUT2D eigenvalue weighted by Gasteiger charge is 2.56. The van der Waals surface area contributed by atoms with Gasteiger partial charge in [-0.2, -0.15) is 18.3 Å². The summed E-state index contributed by atoms with van der Waals surface area (Å²) in [5, 5.41) is 15.0. The Labute approximate surface area is 192 Å². The summed E-state index contributed by atoms with van der Waals surface area (Å²) in [6.45, 7) is -1.45. The zero-order valence-electron chi connectivity index (χ0n) is 17.4. The van der Waals surface area contributed by atoms with Gasteiger partial charge in [-0.05, 0) is 54.1 Å². The largest absolute Gasteiger partial charge is 0.573 e. The summed E-state index contributed by atoms with van der Waals surface area (Å²) in [7, 11) is 0. The van der Waals surface area contributed by atoms with E-state index in [0.717, 1.165) is 24.3 Å². The highest BCUT2D eigenvalue weighted by molar-refractivity contribution is 5.81. The maximum absolute atomic E-state index is 14.0. The Balaban J connectivity index is 1.67. The van der Waals surface area contributed by atoms with E-state index < -0.39 is 47.6 Å². The number of alkyl halides is 6. The summed E-state index contributed by atoms with van der Waals surface area (Å²) >= 11 is 0. The predicted octanol–water partition coefficient (Wildman–Crippen LogP) is 5.89. The van der Waals surface area contributed by atoms with Crippen LogP contribution in [-0.4, -0.2) is 34.0 Å². The van der Waals surface area contributed by atoms with E-state index in [1.807, 2.05) is 0 Å². The van der Waals surface area contributed by atoms with Crippen LogP contribution in [0.2, 0.25) is 0 Å². The lowest BCUT2D eigenvalue weighted by Crippen LogP contribution is -2.47. The second-order valence-corrected chi connectivity index (χ2v) is 7.45. The fourth-order valence-corrected chi connectivity index (χ4v) is 3.37. The molecule has 0 amide bonds. The van der Waals surface area contributed by atoms with E-state index in [0.29, 0.717) is 11.2 Å². The maximum atomic E-state index is 14.0. The van der Waals surface area contributed by atoms with E-state index in [4.69, 9.17) is 4.74 Å². The summed E-state index contributed by atoms with van der Waals surface area (Å²) in [4.78, 5) is 0. The molecule has 4 aromatic rings. The number of benzene rings is 3. The van der Waals surface area contributed by atoms with Crippen LogP contribution in [0.25, 0.3) is 16.6 Å². The number of para-hydroxylation sites is 2. The molecule has 35 heavy (non-hydrogen) atoms. The Morgan fingerprint density at radius 3 is 2.14 bits per heavy atom. The molecule has 0 aliphatic rings. The average molecular weight is 500 g/mol. The van der Waals surface area contributed by atoms with Crippen molar-refractivity contribution in [3.8, 4) is 17.2 Å². The van der Waals surface area contributed by atoms with E-state index in [1.165, 1.54) is 53.3 Å². The number of halogens is 7. The molecule has 12 heteroatoms. The van der Waals surface area contributed by atoms with Crippen molar-refractivity contribution in [2.24, 2.45) is 0 Å². The third kappa shape index (κ3) is 5.02. The van der Waals surface area contributed by atoms with Crippen LogP contribution < -0.4 is 9.47 Å². The van der Waals surface area contributed by atoms with Gasteiger partial charge in [-0.15, -0.1) is 13.2 Å². The van der Waals surface area contributed by atoms with Crippen LogP contribution in [0.3, 0.4) is 0 Å². The third-order valence-corrected chi connectivity index (χ3v) is 5.10. The van der Waals surface area contributed by atoms with Crippen molar-refractivity contribution in [1.82, 2.24) is 9.78 Å². The molecule has 0 bridgehead atoms. The van der Waals surface area contributed by atoms with Gasteiger partial charge < -0.3 is 14.6 Å². The first-order chi connectivity index (χ1) is 16.4. The van der Waals surface area contributed by atoms with Gasteiger partial charge in [0.1, 0.15) is 12.4 Å². The molecule has 0 saturated carbocycles. The minimum absolute atomic E-state index is 0.218. The molecule has 0 radical (unpaired) electrons. The van der Waals surface area contributed by atoms with Gasteiger partial charge in [0.2, 0.25) is 5.60 Å². The zero-order valence-corrected chi connectivity index (χ0v) is 17.4. The summed E-state index contributed by atoms with van der Waals surface area (Å²) < 4.78 is 103. The SMILES string of the molecule is OC(COc1ccccc1OC(F)(F)F)(c1ccc2c(cnn2-c2ccc(F)cc2)c1)C(F)(F)F. The first-order valence-corrected chi connectivity index (χ1v) is 9.88. The first kappa shape index (κ1) is 24.3. The van der Waals surface area contributed by atoms with E-state index in [2.05, 4.69) is 9.84 Å². The number of hydrogen-bond donors (Lipinski definition) is 1. The molecule has 5 nitrogen and oxygen atoms in total. The fourth-order valence-electron chi connectivity index (χ4n) is 3.37. The lowest BCUT2D eigenvalue weighted by Gasteiger charge is -2.31. The van der Waals surface area contributed by atoms with E-state index in [-0.39, 0.29) is 5.39 Å². The summed E-state index contributed by atoms with van der Waals surface area (Å²) in [6, 6.07) is 12.8. The summed E-state index contributed by atoms with van der Waals surface area (Å²) in [5.74, 6) is -1.98. The lowest BCUT2D eigenvalue weighted by atomic mass is 9.93. The molecule has 0 fully saturated rings. The standard InChI is InChI=1S/C23H15F7N2O3/c24-16-6-8-17(9-7-16)32-18-10-5-15(11-14(18)12-31-32)21(33,22(25,26)27)13-34-19-3-1-2-4-20(19)35-23(28,29)30/h1-12,33H,13H2. The molecule has 0 saturated heterocycles. The van der Waals surface area contributed by atoms with Crippen LogP contribution >= 0.6 is 0 Å². The molecule has 1 unspecified atom stereocenters. The van der Waals surface area contributed by atoms with Crippen molar-refractivity contribution in [3.63, 3.8) is 0 Å². The Hall–Kier alpha value is -3.80. The number of rotatable bonds is 6. The number of aliphatic hydroxyl groups is 1. The molecule has 1 heterocycles. The van der Waals surface area contributed by atoms with Gasteiger partial charge in [0.15, 0.2) is 11.5 Å². The Morgan fingerprint density at radius 2 is 1.51 bits per heavy atom. The molecular weight excluding hydrogens is 485 g/mol. The van der Waals surface area contributed by atoms with E-state index >= 15 is 0 Å². The summed E-state index contributed by atoms with van der Waals surface area (Å²) in [5.41, 5.74) is -3.38. The van der Waals surface area contributed by atoms with Gasteiger partial charge in [0.25, 0.3) is 0 Å². The molecule has 4 rings (SSSR count). The van der Waals surface area contributed by atoms with Crippen LogP contribution in [-0.2, 0) is 5.60 Å². The second-order valence-electron chi connectivity index (χ2n) is 7.45. The van der Waals surface area contributed by atoms with Gasteiger partial charge in [-0.25, -0.2) is 9.07 Å². The Bertz CT molecular complexity index is 1330. The molecule has 1 atom stereocenters. The van der Waals surface area contributed by atoms with Crippen molar-refractivity contribution in [2.45, 2.75) is 18.1 Å². The van der Waals surface area contributed by atoms with Crippen molar-refractivity contribution >= 4 is 10.9 Å². The van der Waals surface area contributed by atoms with Crippen LogP contribution in [0.1, 0.15) is 5.56 Å². The van der Waals surface area contributed by atoms with Crippen molar-refractivity contribution in [2.75, 3.05) is 6.61 Å². The van der Waals surface area contributed by atoms with Crippen molar-refractivity contribution < 1.29 is 45.3 Å². The molecule has 0 aliphatic heterocycles. The highest BCUT2D eigenvalue weighted by atomic mass is 19.4. The number of hydrogen-bond acceptors (Lipinski definition) is 4. The molecule has 1 N–H and O–H groups in total. The van der Waals surface area contributed by atoms with Crippen molar-refractivity contribution in [1.29, 1.82) is 0 Å². The minimum Gasteiger partial charge on any atom is -0.486 e. The Kier molecular flexibility index (Phi) is 6.09. The van der Waals surface area contributed by atoms with E-state index in [1.54, 1.807) is 0 Å². The number of fused-ring (bicyclic) bond motifs is 1. The van der Waals surface area contributed by atoms with Gasteiger partial charge >= 0.3 is 12.5 Å². The second kappa shape index (κ2) is 8.77. The normalized spacial score (nSPS) is 14.1. The van der Waals surface area contributed by atoms with Crippen molar-refractivity contribution in [3.05, 3.63) is 84.3 Å². The maximum Gasteiger partial charge on any atom is 0.573 e. The molecule has 0 spiro atoms. The molecule has 184 valence electrons. The smallest absolute Gasteiger partial charge is 0.486 e. The van der Waals surface area contributed by atoms with Gasteiger partial charge in [0.05, 0.1) is 17.4 Å². The zero-order chi connectivity index (χ0) is 25.4. The van der Waals surface area contributed by atoms with Crippen LogP contribution in [0.15, 0.2) is 72.9 Å². The van der Waals surface area contributed by atoms with Gasteiger partial charge in [0, 0.05) is 5.39 Å². The predicted molar refractivity (Wildman–Crippen MR) is 110 cm³/mol. The summed E-state index contributed by atoms with van der Waals surface area (Å²) in [6.07, 6.45) is -9.10. The van der Waals surface area contributed by atoms with Gasteiger partial charge in [-0.1, -0.05) is 18.2 Å². The molecule has 0 aliphatic carbocycles. The molecule has 3 aromatic carbocycles. The topological polar surface area (TPSA) is 56.5 Å². The number of nitrogens with zero attached hydrogens (tertiary/aromatic N) is 2. The first-order valence-electron chi connectivity index (χ1n) is 9.88. The molecular formula is C23H15F7N2O3. The van der Waals surface area contributed by atoms with Crippen LogP contribution in [0, 0.1) is 5.82 Å². The van der Waals surface area contributed by atoms with Crippen LogP contribution in [0.4, 0.5) is 30.7 Å². The lowest BCUT2D eigenvalue weighted by molar-refractivity contribution is -0.279. The third-order valence-electron chi connectivity index (χ3n) is 5.10. The molecule has 1 aromatic heterocycles. The number of aromatic nitrogens is 2. The average Bonchev–Trinajstić information content (AvgIpc) is 3.20. The minimum atomic E-state index is -5.26. The fraction of sp³-hybridized carbons (Fsp3) is 0.174. The van der Waals surface area contributed by atoms with E-state index in [9.17, 15) is 35.8 Å².